The van der Waals surface area contributed by atoms with Crippen LogP contribution in [0, 0.1) is 19.8 Å². The van der Waals surface area contributed by atoms with Crippen LogP contribution in [0.5, 0.6) is 0 Å². The summed E-state index contributed by atoms with van der Waals surface area (Å²) in [7, 11) is 0. The lowest BCUT2D eigenvalue weighted by Crippen LogP contribution is -1.99. The fourth-order valence-electron chi connectivity index (χ4n) is 1.94. The predicted octanol–water partition coefficient (Wildman–Crippen LogP) is 6.16. The Kier molecular flexibility index (Phi) is 9.90. The van der Waals surface area contributed by atoms with Crippen molar-refractivity contribution in [1.29, 1.82) is 0 Å². The zero-order valence-electron chi connectivity index (χ0n) is 12.4. The van der Waals surface area contributed by atoms with E-state index in [1.807, 2.05) is 13.8 Å². The van der Waals surface area contributed by atoms with Crippen molar-refractivity contribution in [3.8, 4) is 0 Å². The fourth-order valence-corrected chi connectivity index (χ4v) is 1.94. The maximum atomic E-state index is 2.36. The molecule has 0 heterocycles. The zero-order valence-corrected chi connectivity index (χ0v) is 12.4. The fraction of sp³-hybridized carbons (Fsp3) is 0.647. The highest BCUT2D eigenvalue weighted by atomic mass is 14.1. The van der Waals surface area contributed by atoms with Crippen LogP contribution in [-0.4, -0.2) is 0 Å². The molecule has 1 aliphatic carbocycles. The monoisotopic (exact) mass is 236 g/mol. The smallest absolute Gasteiger partial charge is 0 e. The van der Waals surface area contributed by atoms with Crippen LogP contribution < -0.4 is 0 Å². The summed E-state index contributed by atoms with van der Waals surface area (Å²) < 4.78 is 0. The van der Waals surface area contributed by atoms with Gasteiger partial charge in [0.25, 0.3) is 0 Å². The summed E-state index contributed by atoms with van der Waals surface area (Å²) in [6.45, 7) is 10.6. The number of benzene rings is 1. The highest BCUT2D eigenvalue weighted by molar-refractivity contribution is 5.19. The predicted molar refractivity (Wildman–Crippen MR) is 81.6 cm³/mol. The van der Waals surface area contributed by atoms with Crippen molar-refractivity contribution in [3.05, 3.63) is 35.4 Å². The molecule has 0 atom stereocenters. The number of hydrogen-bond donors (Lipinski definition) is 0. The van der Waals surface area contributed by atoms with Gasteiger partial charge in [0.05, 0.1) is 0 Å². The molecule has 0 saturated heterocycles. The van der Waals surface area contributed by atoms with Gasteiger partial charge in [0.15, 0.2) is 0 Å². The third-order valence-electron chi connectivity index (χ3n) is 3.11. The average molecular weight is 236 g/mol. The summed E-state index contributed by atoms with van der Waals surface area (Å²) in [6, 6.07) is 8.48. The van der Waals surface area contributed by atoms with Gasteiger partial charge in [-0.05, 0) is 19.8 Å². The second kappa shape index (κ2) is 10.4. The minimum atomic E-state index is 0. The van der Waals surface area contributed by atoms with E-state index in [9.17, 15) is 0 Å². The maximum absolute atomic E-state index is 2.36. The van der Waals surface area contributed by atoms with Crippen molar-refractivity contribution < 1.29 is 1.43 Å². The Hall–Kier alpha value is -0.780. The molecule has 1 fully saturated rings. The van der Waals surface area contributed by atoms with Crippen molar-refractivity contribution >= 4 is 0 Å². The molecule has 0 radical (unpaired) electrons. The normalized spacial score (nSPS) is 15.1. The molecule has 1 saturated carbocycles. The highest BCUT2D eigenvalue weighted by Gasteiger charge is 2.05. The van der Waals surface area contributed by atoms with Gasteiger partial charge >= 0.3 is 0 Å². The summed E-state index contributed by atoms with van der Waals surface area (Å²) >= 11 is 0. The molecule has 1 aliphatic rings. The molecule has 0 nitrogen and oxygen atoms in total. The van der Waals surface area contributed by atoms with Crippen LogP contribution >= 0.6 is 0 Å². The van der Waals surface area contributed by atoms with Crippen molar-refractivity contribution in [2.24, 2.45) is 5.92 Å². The zero-order chi connectivity index (χ0) is 13.1. The first-order valence-electron chi connectivity index (χ1n) is 7.22. The molecular weight excluding hydrogens is 204 g/mol. The average Bonchev–Trinajstić information content (AvgIpc) is 2.37. The van der Waals surface area contributed by atoms with E-state index < -0.39 is 0 Å². The number of rotatable bonds is 0. The third kappa shape index (κ3) is 8.97. The molecule has 0 aliphatic heterocycles. The van der Waals surface area contributed by atoms with Crippen LogP contribution in [0.1, 0.15) is 65.4 Å². The van der Waals surface area contributed by atoms with Crippen LogP contribution in [0.4, 0.5) is 0 Å². The minimum Gasteiger partial charge on any atom is -0.0683 e. The molecular formula is C17H32. The second-order valence-electron chi connectivity index (χ2n) is 4.90. The van der Waals surface area contributed by atoms with Crippen LogP contribution in [0.15, 0.2) is 24.3 Å². The van der Waals surface area contributed by atoms with Crippen LogP contribution in [0.25, 0.3) is 0 Å². The maximum Gasteiger partial charge on any atom is 0 e. The Morgan fingerprint density at radius 3 is 1.41 bits per heavy atom. The van der Waals surface area contributed by atoms with Gasteiger partial charge in [-0.25, -0.2) is 0 Å². The van der Waals surface area contributed by atoms with Gasteiger partial charge in [-0.15, -0.1) is 0 Å². The summed E-state index contributed by atoms with van der Waals surface area (Å²) in [6.07, 6.45) is 7.44. The molecule has 17 heavy (non-hydrogen) atoms. The first kappa shape index (κ1) is 16.2. The van der Waals surface area contributed by atoms with Gasteiger partial charge in [-0.3, -0.25) is 0 Å². The van der Waals surface area contributed by atoms with E-state index in [4.69, 9.17) is 0 Å². The molecule has 0 aromatic heterocycles. The Morgan fingerprint density at radius 2 is 1.18 bits per heavy atom. The summed E-state index contributed by atoms with van der Waals surface area (Å²) in [4.78, 5) is 0. The van der Waals surface area contributed by atoms with Crippen molar-refractivity contribution in [2.75, 3.05) is 0 Å². The van der Waals surface area contributed by atoms with Gasteiger partial charge in [0, 0.05) is 1.43 Å². The lowest BCUT2D eigenvalue weighted by Gasteiger charge is -2.15. The van der Waals surface area contributed by atoms with Gasteiger partial charge in [-0.2, -0.15) is 0 Å². The molecule has 2 rings (SSSR count). The minimum absolute atomic E-state index is 0. The van der Waals surface area contributed by atoms with E-state index in [1.165, 1.54) is 43.2 Å². The van der Waals surface area contributed by atoms with Crippen LogP contribution in [-0.2, 0) is 0 Å². The van der Waals surface area contributed by atoms with E-state index in [0.29, 0.717) is 0 Å². The SMILES string of the molecule is CC.CC1CCCCC1.Cc1ccc(C)cc1.[HH]. The summed E-state index contributed by atoms with van der Waals surface area (Å²) in [5.74, 6) is 1.04. The summed E-state index contributed by atoms with van der Waals surface area (Å²) in [5.41, 5.74) is 2.66. The molecule has 0 heteroatoms. The number of aryl methyl sites for hydroxylation is 2. The van der Waals surface area contributed by atoms with Crippen LogP contribution in [0.2, 0.25) is 0 Å². The van der Waals surface area contributed by atoms with Crippen molar-refractivity contribution in [1.82, 2.24) is 0 Å². The van der Waals surface area contributed by atoms with E-state index in [1.54, 1.807) is 0 Å². The molecule has 0 amide bonds. The second-order valence-corrected chi connectivity index (χ2v) is 4.90. The first-order valence-corrected chi connectivity index (χ1v) is 7.22. The third-order valence-corrected chi connectivity index (χ3v) is 3.11. The topological polar surface area (TPSA) is 0 Å². The van der Waals surface area contributed by atoms with Gasteiger partial charge in [0.1, 0.15) is 0 Å². The number of hydrogen-bond acceptors (Lipinski definition) is 0. The van der Waals surface area contributed by atoms with E-state index in [0.717, 1.165) is 5.92 Å². The molecule has 0 N–H and O–H groups in total. The molecule has 100 valence electrons. The standard InChI is InChI=1S/C8H10.C7H14.C2H6.H2/c1-7-3-5-8(2)6-4-7;1-7-5-3-2-4-6-7;1-2;/h3-6H,1-2H3;7H,2-6H2,1H3;1-2H3;1H. The van der Waals surface area contributed by atoms with Gasteiger partial charge in [-0.1, -0.05) is 88.3 Å². The van der Waals surface area contributed by atoms with Crippen molar-refractivity contribution in [2.45, 2.75) is 66.7 Å². The summed E-state index contributed by atoms with van der Waals surface area (Å²) in [5, 5.41) is 0. The van der Waals surface area contributed by atoms with Gasteiger partial charge < -0.3 is 0 Å². The quantitative estimate of drug-likeness (QED) is 0.506. The molecule has 0 bridgehead atoms. The first-order chi connectivity index (χ1) is 8.18. The van der Waals surface area contributed by atoms with E-state index in [2.05, 4.69) is 45.0 Å². The highest BCUT2D eigenvalue weighted by Crippen LogP contribution is 2.22. The Bertz CT molecular complexity index is 236. The lowest BCUT2D eigenvalue weighted by molar-refractivity contribution is 0.385. The van der Waals surface area contributed by atoms with Crippen LogP contribution in [0.3, 0.4) is 0 Å². The van der Waals surface area contributed by atoms with Gasteiger partial charge in [0.2, 0.25) is 0 Å². The Balaban J connectivity index is 0. The van der Waals surface area contributed by atoms with E-state index >= 15 is 0 Å². The molecule has 0 spiro atoms. The molecule has 1 aromatic carbocycles. The van der Waals surface area contributed by atoms with E-state index in [-0.39, 0.29) is 1.43 Å². The Morgan fingerprint density at radius 1 is 0.824 bits per heavy atom. The molecule has 0 unspecified atom stereocenters. The molecule has 1 aromatic rings. The van der Waals surface area contributed by atoms with Crippen molar-refractivity contribution in [3.63, 3.8) is 0 Å². The largest absolute Gasteiger partial charge is 0.0683 e. The lowest BCUT2D eigenvalue weighted by atomic mass is 9.91. The Labute approximate surface area is 110 Å².